The van der Waals surface area contributed by atoms with E-state index < -0.39 is 11.6 Å². The molecule has 2 heterocycles. The molecule has 3 aromatic rings. The molecule has 9 heteroatoms. The van der Waals surface area contributed by atoms with Gasteiger partial charge < -0.3 is 14.8 Å². The molecular formula is C21H26F2N4O2S. The highest BCUT2D eigenvalue weighted by Crippen LogP contribution is 2.38. The maximum Gasteiger partial charge on any atom is 0.187 e. The molecule has 3 rings (SSSR count). The molecule has 1 N–H and O–H groups in total. The molecule has 0 saturated carbocycles. The zero-order chi connectivity index (χ0) is 22.3. The molecule has 0 spiro atoms. The Morgan fingerprint density at radius 1 is 1.00 bits per heavy atom. The number of hydrogen-bond acceptors (Lipinski definition) is 7. The van der Waals surface area contributed by atoms with Crippen LogP contribution in [0.3, 0.4) is 0 Å². The van der Waals surface area contributed by atoms with Gasteiger partial charge in [-0.25, -0.2) is 23.7 Å². The van der Waals surface area contributed by atoms with Crippen molar-refractivity contribution in [2.75, 3.05) is 32.8 Å². The lowest BCUT2D eigenvalue weighted by Crippen LogP contribution is -2.03. The first-order valence-corrected chi connectivity index (χ1v) is 10.7. The Morgan fingerprint density at radius 3 is 2.07 bits per heavy atom. The smallest absolute Gasteiger partial charge is 0.187 e. The first-order valence-electron chi connectivity index (χ1n) is 9.45. The molecule has 0 unspecified atom stereocenters. The number of anilines is 1. The minimum Gasteiger partial charge on any atom is -0.494 e. The van der Waals surface area contributed by atoms with Gasteiger partial charge in [-0.1, -0.05) is 38.5 Å². The molecule has 0 saturated heterocycles. The fourth-order valence-electron chi connectivity index (χ4n) is 2.53. The number of thioether (sulfide) groups is 1. The molecule has 0 aliphatic carbocycles. The van der Waals surface area contributed by atoms with Crippen molar-refractivity contribution in [1.82, 2.24) is 15.0 Å². The van der Waals surface area contributed by atoms with Crippen LogP contribution >= 0.6 is 11.8 Å². The third kappa shape index (κ3) is 4.89. The highest BCUT2D eigenvalue weighted by Gasteiger charge is 2.23. The average Bonchev–Trinajstić information content (AvgIpc) is 2.78. The summed E-state index contributed by atoms with van der Waals surface area (Å²) in [4.78, 5) is 12.9. The molecule has 0 aliphatic heterocycles. The van der Waals surface area contributed by atoms with Gasteiger partial charge in [0, 0.05) is 24.7 Å². The van der Waals surface area contributed by atoms with Gasteiger partial charge in [0.15, 0.2) is 34.1 Å². The number of pyridine rings is 1. The van der Waals surface area contributed by atoms with Crippen molar-refractivity contribution in [3.05, 3.63) is 30.0 Å². The van der Waals surface area contributed by atoms with Gasteiger partial charge in [0.05, 0.1) is 25.5 Å². The maximum absolute atomic E-state index is 14.8. The van der Waals surface area contributed by atoms with Crippen LogP contribution < -0.4 is 14.8 Å². The summed E-state index contributed by atoms with van der Waals surface area (Å²) >= 11 is 1.39. The summed E-state index contributed by atoms with van der Waals surface area (Å²) in [6.07, 6.45) is 6.09. The third-order valence-corrected chi connectivity index (χ3v) is 4.85. The number of ether oxygens (including phenoxy) is 2. The number of unbranched alkanes of at least 4 members (excludes halogenated alkanes) is 1. The fraction of sp³-hybridized carbons (Fsp3) is 0.381. The second-order valence-corrected chi connectivity index (χ2v) is 6.96. The van der Waals surface area contributed by atoms with E-state index in [-0.39, 0.29) is 22.8 Å². The van der Waals surface area contributed by atoms with Crippen LogP contribution in [0.1, 0.15) is 26.7 Å². The van der Waals surface area contributed by atoms with E-state index in [2.05, 4.69) is 34.1 Å². The minimum atomic E-state index is -0.860. The van der Waals surface area contributed by atoms with E-state index >= 15 is 0 Å². The van der Waals surface area contributed by atoms with Crippen molar-refractivity contribution in [1.29, 1.82) is 0 Å². The fourth-order valence-corrected chi connectivity index (χ4v) is 2.88. The zero-order valence-electron chi connectivity index (χ0n) is 18.0. The number of fused-ring (bicyclic) bond motifs is 1. The molecule has 0 aliphatic rings. The van der Waals surface area contributed by atoms with E-state index in [0.717, 1.165) is 6.07 Å². The van der Waals surface area contributed by atoms with Gasteiger partial charge in [-0.15, -0.1) is 0 Å². The lowest BCUT2D eigenvalue weighted by atomic mass is 10.1. The van der Waals surface area contributed by atoms with Gasteiger partial charge in [-0.05, 0) is 12.3 Å². The van der Waals surface area contributed by atoms with Crippen LogP contribution in [0.15, 0.2) is 23.5 Å². The standard InChI is InChI=1S/C17H16F2N4O2S.C4H10/c1-20-16-15-8(7-21-17(23-15)26-4)5-9(22-16)12-13(18)10(24-2)6-11(25-3)14(12)19;1-3-4-2/h5-7H,1-4H3,(H,20,22);3-4H2,1-2H3. The number of nitrogens with one attached hydrogen (secondary N) is 1. The molecule has 0 atom stereocenters. The minimum absolute atomic E-state index is 0.0783. The van der Waals surface area contributed by atoms with Crippen LogP contribution in [0, 0.1) is 11.6 Å². The Hall–Kier alpha value is -2.68. The highest BCUT2D eigenvalue weighted by molar-refractivity contribution is 7.98. The van der Waals surface area contributed by atoms with Crippen molar-refractivity contribution in [2.45, 2.75) is 31.8 Å². The summed E-state index contributed by atoms with van der Waals surface area (Å²) in [6, 6.07) is 2.68. The third-order valence-electron chi connectivity index (χ3n) is 4.29. The predicted octanol–water partition coefficient (Wildman–Crippen LogP) is 5.56. The second kappa shape index (κ2) is 10.9. The first kappa shape index (κ1) is 23.6. The summed E-state index contributed by atoms with van der Waals surface area (Å²) < 4.78 is 39.5. The molecule has 0 bridgehead atoms. The van der Waals surface area contributed by atoms with Gasteiger partial charge >= 0.3 is 0 Å². The molecule has 1 aromatic carbocycles. The van der Waals surface area contributed by atoms with Crippen LogP contribution in [0.2, 0.25) is 0 Å². The number of methoxy groups -OCH3 is 2. The first-order chi connectivity index (χ1) is 14.4. The summed E-state index contributed by atoms with van der Waals surface area (Å²) in [5.41, 5.74) is 0.300. The molecule has 162 valence electrons. The molecule has 30 heavy (non-hydrogen) atoms. The Morgan fingerprint density at radius 2 is 1.60 bits per heavy atom. The van der Waals surface area contributed by atoms with Gasteiger partial charge in [-0.3, -0.25) is 0 Å². The monoisotopic (exact) mass is 436 g/mol. The van der Waals surface area contributed by atoms with Crippen molar-refractivity contribution in [3.63, 3.8) is 0 Å². The lowest BCUT2D eigenvalue weighted by molar-refractivity contribution is 0.359. The summed E-state index contributed by atoms with van der Waals surface area (Å²) in [7, 11) is 4.25. The van der Waals surface area contributed by atoms with Crippen LogP contribution in [-0.4, -0.2) is 42.5 Å². The van der Waals surface area contributed by atoms with Crippen molar-refractivity contribution < 1.29 is 18.3 Å². The molecule has 0 fully saturated rings. The lowest BCUT2D eigenvalue weighted by Gasteiger charge is -2.14. The van der Waals surface area contributed by atoms with Crippen LogP contribution in [-0.2, 0) is 0 Å². The van der Waals surface area contributed by atoms with Crippen LogP contribution in [0.25, 0.3) is 22.2 Å². The van der Waals surface area contributed by atoms with Gasteiger partial charge in [0.2, 0.25) is 0 Å². The predicted molar refractivity (Wildman–Crippen MR) is 118 cm³/mol. The van der Waals surface area contributed by atoms with Crippen LogP contribution in [0.5, 0.6) is 11.5 Å². The second-order valence-electron chi connectivity index (χ2n) is 6.18. The van der Waals surface area contributed by atoms with E-state index in [4.69, 9.17) is 9.47 Å². The normalized spacial score (nSPS) is 10.4. The summed E-state index contributed by atoms with van der Waals surface area (Å²) in [6.45, 7) is 4.36. The van der Waals surface area contributed by atoms with Gasteiger partial charge in [0.1, 0.15) is 5.52 Å². The summed E-state index contributed by atoms with van der Waals surface area (Å²) in [5, 5.41) is 4.08. The van der Waals surface area contributed by atoms with Crippen LogP contribution in [0.4, 0.5) is 14.6 Å². The van der Waals surface area contributed by atoms with E-state index in [1.165, 1.54) is 44.9 Å². The Bertz CT molecular complexity index is 988. The topological polar surface area (TPSA) is 69.2 Å². The Balaban J connectivity index is 0.000000735. The van der Waals surface area contributed by atoms with Gasteiger partial charge in [0.25, 0.3) is 0 Å². The molecule has 6 nitrogen and oxygen atoms in total. The number of nitrogens with zero attached hydrogens (tertiary/aromatic N) is 3. The molecule has 0 amide bonds. The van der Waals surface area contributed by atoms with E-state index in [1.54, 1.807) is 13.2 Å². The largest absolute Gasteiger partial charge is 0.494 e. The van der Waals surface area contributed by atoms with Gasteiger partial charge in [-0.2, -0.15) is 0 Å². The summed E-state index contributed by atoms with van der Waals surface area (Å²) in [5.74, 6) is -1.61. The molecule has 0 radical (unpaired) electrons. The maximum atomic E-state index is 14.8. The number of aromatic nitrogens is 3. The number of benzene rings is 1. The average molecular weight is 437 g/mol. The van der Waals surface area contributed by atoms with E-state index in [9.17, 15) is 8.78 Å². The van der Waals surface area contributed by atoms with Crippen molar-refractivity contribution in [3.8, 4) is 22.8 Å². The van der Waals surface area contributed by atoms with Crippen molar-refractivity contribution in [2.24, 2.45) is 0 Å². The van der Waals surface area contributed by atoms with E-state index in [1.807, 2.05) is 6.26 Å². The number of halogens is 2. The molecular weight excluding hydrogens is 410 g/mol. The Labute approximate surface area is 179 Å². The SMILES string of the molecule is CCCC.CNc1nc(-c2c(F)c(OC)cc(OC)c2F)cc2cnc(SC)nc12. The molecule has 2 aromatic heterocycles. The van der Waals surface area contributed by atoms with E-state index in [0.29, 0.717) is 21.9 Å². The highest BCUT2D eigenvalue weighted by atomic mass is 32.2. The number of rotatable bonds is 6. The number of hydrogen-bond donors (Lipinski definition) is 1. The Kier molecular flexibility index (Phi) is 8.58. The van der Waals surface area contributed by atoms with Crippen molar-refractivity contribution >= 4 is 28.5 Å². The zero-order valence-corrected chi connectivity index (χ0v) is 18.8. The quantitative estimate of drug-likeness (QED) is 0.401.